The first kappa shape index (κ1) is 15.8. The van der Waals surface area contributed by atoms with Gasteiger partial charge in [-0.05, 0) is 43.7 Å². The first-order valence-electron chi connectivity index (χ1n) is 6.98. The molecule has 0 aliphatic carbocycles. The minimum absolute atomic E-state index is 0.0618. The maximum absolute atomic E-state index is 12.1. The molecule has 2 amide bonds. The van der Waals surface area contributed by atoms with E-state index in [2.05, 4.69) is 5.32 Å². The van der Waals surface area contributed by atoms with E-state index in [1.54, 1.807) is 43.3 Å². The van der Waals surface area contributed by atoms with Crippen molar-refractivity contribution in [2.75, 3.05) is 32.5 Å². The fourth-order valence-electron chi connectivity index (χ4n) is 2.51. The Morgan fingerprint density at radius 1 is 1.33 bits per heavy atom. The van der Waals surface area contributed by atoms with Crippen LogP contribution in [0.3, 0.4) is 0 Å². The number of hydrogen-bond acceptors (Lipinski definition) is 3. The number of amides is 2. The summed E-state index contributed by atoms with van der Waals surface area (Å²) in [5.41, 5.74) is 0.707. The number of carbonyl (C=O) groups is 2. The predicted octanol–water partition coefficient (Wildman–Crippen LogP) is 1.83. The van der Waals surface area contributed by atoms with Crippen LogP contribution in [0.5, 0.6) is 0 Å². The quantitative estimate of drug-likeness (QED) is 0.923. The molecule has 1 saturated heterocycles. The van der Waals surface area contributed by atoms with E-state index >= 15 is 0 Å². The highest BCUT2D eigenvalue weighted by Gasteiger charge is 2.32. The van der Waals surface area contributed by atoms with Gasteiger partial charge in [-0.2, -0.15) is 0 Å². The van der Waals surface area contributed by atoms with Gasteiger partial charge >= 0.3 is 0 Å². The van der Waals surface area contributed by atoms with Gasteiger partial charge in [0.05, 0.1) is 12.6 Å². The summed E-state index contributed by atoms with van der Waals surface area (Å²) in [4.78, 5) is 27.7. The number of halogens is 1. The zero-order valence-electron chi connectivity index (χ0n) is 12.3. The number of likely N-dealkylation sites (N-methyl/N-ethyl adjacent to an activating group) is 1. The lowest BCUT2D eigenvalue weighted by Crippen LogP contribution is -2.45. The predicted molar refractivity (Wildman–Crippen MR) is 83.4 cm³/mol. The van der Waals surface area contributed by atoms with Crippen molar-refractivity contribution in [3.05, 3.63) is 29.3 Å². The van der Waals surface area contributed by atoms with Crippen molar-refractivity contribution in [1.82, 2.24) is 9.80 Å². The summed E-state index contributed by atoms with van der Waals surface area (Å²) >= 11 is 5.81. The maximum atomic E-state index is 12.1. The van der Waals surface area contributed by atoms with Gasteiger partial charge in [-0.3, -0.25) is 14.5 Å². The summed E-state index contributed by atoms with van der Waals surface area (Å²) in [6.45, 7) is 1.01. The summed E-state index contributed by atoms with van der Waals surface area (Å²) < 4.78 is 0. The van der Waals surface area contributed by atoms with Gasteiger partial charge in [0.15, 0.2) is 0 Å². The molecule has 0 bridgehead atoms. The van der Waals surface area contributed by atoms with Gasteiger partial charge in [-0.25, -0.2) is 0 Å². The summed E-state index contributed by atoms with van der Waals surface area (Å²) in [5.74, 6) is -0.0532. The zero-order chi connectivity index (χ0) is 15.4. The molecule has 1 aliphatic heterocycles. The van der Waals surface area contributed by atoms with Crippen molar-refractivity contribution >= 4 is 29.1 Å². The number of anilines is 1. The lowest BCUT2D eigenvalue weighted by atomic mass is 10.2. The van der Waals surface area contributed by atoms with E-state index in [4.69, 9.17) is 11.6 Å². The molecular weight excluding hydrogens is 290 g/mol. The Balaban J connectivity index is 1.92. The molecule has 0 radical (unpaired) electrons. The van der Waals surface area contributed by atoms with Crippen LogP contribution >= 0.6 is 11.6 Å². The Hall–Kier alpha value is -1.59. The number of rotatable bonds is 4. The van der Waals surface area contributed by atoms with Gasteiger partial charge in [0, 0.05) is 24.8 Å². The number of benzene rings is 1. The molecule has 21 heavy (non-hydrogen) atoms. The second kappa shape index (κ2) is 6.91. The van der Waals surface area contributed by atoms with Crippen LogP contribution in [0.2, 0.25) is 5.02 Å². The first-order valence-corrected chi connectivity index (χ1v) is 7.36. The second-order valence-electron chi connectivity index (χ2n) is 5.42. The van der Waals surface area contributed by atoms with Crippen LogP contribution in [-0.2, 0) is 9.59 Å². The summed E-state index contributed by atoms with van der Waals surface area (Å²) in [6.07, 6.45) is 1.75. The van der Waals surface area contributed by atoms with Gasteiger partial charge in [0.2, 0.25) is 11.8 Å². The van der Waals surface area contributed by atoms with Crippen molar-refractivity contribution in [3.8, 4) is 0 Å². The molecule has 0 spiro atoms. The van der Waals surface area contributed by atoms with Crippen LogP contribution in [0.1, 0.15) is 12.8 Å². The van der Waals surface area contributed by atoms with Gasteiger partial charge < -0.3 is 10.2 Å². The highest BCUT2D eigenvalue weighted by molar-refractivity contribution is 6.30. The Labute approximate surface area is 129 Å². The minimum atomic E-state index is -0.184. The highest BCUT2D eigenvalue weighted by Crippen LogP contribution is 2.19. The summed E-state index contributed by atoms with van der Waals surface area (Å²) in [5, 5.41) is 3.45. The summed E-state index contributed by atoms with van der Waals surface area (Å²) in [7, 11) is 3.49. The third-order valence-electron chi connectivity index (χ3n) is 3.56. The van der Waals surface area contributed by atoms with Crippen LogP contribution in [0.15, 0.2) is 24.3 Å². The Morgan fingerprint density at radius 3 is 2.62 bits per heavy atom. The minimum Gasteiger partial charge on any atom is -0.347 e. The van der Waals surface area contributed by atoms with E-state index in [0.29, 0.717) is 10.7 Å². The Kier molecular flexibility index (Phi) is 5.20. The molecule has 1 unspecified atom stereocenters. The van der Waals surface area contributed by atoms with E-state index in [1.807, 2.05) is 4.90 Å². The number of hydrogen-bond donors (Lipinski definition) is 1. The van der Waals surface area contributed by atoms with Gasteiger partial charge in [-0.15, -0.1) is 0 Å². The molecule has 2 rings (SSSR count). The molecule has 1 fully saturated rings. The van der Waals surface area contributed by atoms with Gasteiger partial charge in [0.1, 0.15) is 0 Å². The van der Waals surface area contributed by atoms with E-state index < -0.39 is 0 Å². The first-order chi connectivity index (χ1) is 9.97. The van der Waals surface area contributed by atoms with Crippen molar-refractivity contribution in [2.24, 2.45) is 0 Å². The average molecular weight is 310 g/mol. The molecule has 0 saturated carbocycles. The van der Waals surface area contributed by atoms with Crippen LogP contribution < -0.4 is 5.32 Å². The smallest absolute Gasteiger partial charge is 0.239 e. The molecular formula is C15H20ClN3O2. The van der Waals surface area contributed by atoms with E-state index in [1.165, 1.54) is 0 Å². The fraction of sp³-hybridized carbons (Fsp3) is 0.467. The average Bonchev–Trinajstić information content (AvgIpc) is 2.88. The summed E-state index contributed by atoms with van der Waals surface area (Å²) in [6, 6.07) is 6.78. The number of nitrogens with one attached hydrogen (secondary N) is 1. The maximum Gasteiger partial charge on any atom is 0.239 e. The molecule has 1 N–H and O–H groups in total. The number of carbonyl (C=O) groups excluding carboxylic acids is 2. The molecule has 1 aromatic carbocycles. The Morgan fingerprint density at radius 2 is 2.00 bits per heavy atom. The van der Waals surface area contributed by atoms with E-state index in [-0.39, 0.29) is 24.4 Å². The molecule has 1 atom stereocenters. The van der Waals surface area contributed by atoms with E-state index in [0.717, 1.165) is 19.4 Å². The largest absolute Gasteiger partial charge is 0.347 e. The lowest BCUT2D eigenvalue weighted by Gasteiger charge is -2.25. The molecule has 0 aromatic heterocycles. The third kappa shape index (κ3) is 4.19. The molecule has 1 aromatic rings. The monoisotopic (exact) mass is 309 g/mol. The fourth-order valence-corrected chi connectivity index (χ4v) is 2.64. The van der Waals surface area contributed by atoms with Crippen molar-refractivity contribution < 1.29 is 9.59 Å². The standard InChI is InChI=1S/C15H20ClN3O2/c1-18(2)15(21)13-4-3-9-19(13)10-14(20)17-12-7-5-11(16)6-8-12/h5-8,13H,3-4,9-10H2,1-2H3,(H,17,20). The SMILES string of the molecule is CN(C)C(=O)C1CCCN1CC(=O)Nc1ccc(Cl)cc1. The van der Waals surface area contributed by atoms with Crippen molar-refractivity contribution in [3.63, 3.8) is 0 Å². The van der Waals surface area contributed by atoms with Crippen molar-refractivity contribution in [2.45, 2.75) is 18.9 Å². The van der Waals surface area contributed by atoms with Gasteiger partial charge in [0.25, 0.3) is 0 Å². The van der Waals surface area contributed by atoms with Crippen LogP contribution in [0.4, 0.5) is 5.69 Å². The van der Waals surface area contributed by atoms with Crippen LogP contribution in [-0.4, -0.2) is 54.8 Å². The third-order valence-corrected chi connectivity index (χ3v) is 3.82. The molecule has 6 heteroatoms. The number of nitrogens with zero attached hydrogens (tertiary/aromatic N) is 2. The van der Waals surface area contributed by atoms with Crippen molar-refractivity contribution in [1.29, 1.82) is 0 Å². The molecule has 1 heterocycles. The van der Waals surface area contributed by atoms with E-state index in [9.17, 15) is 9.59 Å². The molecule has 5 nitrogen and oxygen atoms in total. The second-order valence-corrected chi connectivity index (χ2v) is 5.85. The highest BCUT2D eigenvalue weighted by atomic mass is 35.5. The van der Waals surface area contributed by atoms with Gasteiger partial charge in [-0.1, -0.05) is 11.6 Å². The normalized spacial score (nSPS) is 18.5. The van der Waals surface area contributed by atoms with Crippen LogP contribution in [0.25, 0.3) is 0 Å². The van der Waals surface area contributed by atoms with Crippen LogP contribution in [0, 0.1) is 0 Å². The lowest BCUT2D eigenvalue weighted by molar-refractivity contribution is -0.133. The molecule has 1 aliphatic rings. The molecule has 114 valence electrons. The zero-order valence-corrected chi connectivity index (χ0v) is 13.1. The topological polar surface area (TPSA) is 52.7 Å². The number of likely N-dealkylation sites (tertiary alicyclic amines) is 1. The Bertz CT molecular complexity index is 516.